The van der Waals surface area contributed by atoms with Crippen molar-refractivity contribution in [1.82, 2.24) is 0 Å². The molecule has 0 aromatic heterocycles. The Morgan fingerprint density at radius 3 is 2.71 bits per heavy atom. The number of hydrogen-bond acceptors (Lipinski definition) is 2. The van der Waals surface area contributed by atoms with Crippen LogP contribution in [0, 0.1) is 0 Å². The number of ether oxygens (including phenoxy) is 1. The predicted molar refractivity (Wildman–Crippen MR) is 55.9 cm³/mol. The van der Waals surface area contributed by atoms with E-state index in [0.717, 1.165) is 6.42 Å². The first-order chi connectivity index (χ1) is 6.65. The second-order valence-electron chi connectivity index (χ2n) is 3.03. The fourth-order valence-corrected chi connectivity index (χ4v) is 1.48. The van der Waals surface area contributed by atoms with E-state index < -0.39 is 11.1 Å². The maximum atomic E-state index is 10.9. The summed E-state index contributed by atoms with van der Waals surface area (Å²) in [5.74, 6) is 0.489. The van der Waals surface area contributed by atoms with Gasteiger partial charge in [0.15, 0.2) is 11.1 Å². The lowest BCUT2D eigenvalue weighted by Crippen LogP contribution is -2.11. The molecule has 0 radical (unpaired) electrons. The van der Waals surface area contributed by atoms with Crippen LogP contribution in [0.3, 0.4) is 0 Å². The third-order valence-corrected chi connectivity index (χ3v) is 2.65. The number of hydrogen-bond donors (Lipinski definition) is 1. The van der Waals surface area contributed by atoms with Crippen LogP contribution in [-0.2, 0) is 11.1 Å². The summed E-state index contributed by atoms with van der Waals surface area (Å²) >= 11 is -1.98. The van der Waals surface area contributed by atoms with Gasteiger partial charge in [0.05, 0.1) is 6.10 Å². The Hall–Kier alpha value is -0.870. The summed E-state index contributed by atoms with van der Waals surface area (Å²) in [4.78, 5) is 0.327. The molecule has 3 nitrogen and oxygen atoms in total. The van der Waals surface area contributed by atoms with Gasteiger partial charge in [-0.05, 0) is 25.5 Å². The average Bonchev–Trinajstić information content (AvgIpc) is 2.18. The Balaban J connectivity index is 2.90. The highest BCUT2D eigenvalue weighted by atomic mass is 32.2. The fourth-order valence-electron chi connectivity index (χ4n) is 0.992. The maximum absolute atomic E-state index is 10.9. The van der Waals surface area contributed by atoms with Crippen LogP contribution >= 0.6 is 0 Å². The summed E-state index contributed by atoms with van der Waals surface area (Å²) in [6.07, 6.45) is 0.923. The highest BCUT2D eigenvalue weighted by Gasteiger charge is 2.10. The van der Waals surface area contributed by atoms with Gasteiger partial charge in [0.2, 0.25) is 0 Å². The van der Waals surface area contributed by atoms with Gasteiger partial charge in [0, 0.05) is 0 Å². The number of benzene rings is 1. The highest BCUT2D eigenvalue weighted by molar-refractivity contribution is 7.79. The molecule has 4 heteroatoms. The summed E-state index contributed by atoms with van der Waals surface area (Å²) < 4.78 is 25.4. The van der Waals surface area contributed by atoms with E-state index in [4.69, 9.17) is 9.29 Å². The highest BCUT2D eigenvalue weighted by Crippen LogP contribution is 2.22. The summed E-state index contributed by atoms with van der Waals surface area (Å²) in [6, 6.07) is 6.80. The van der Waals surface area contributed by atoms with Crippen molar-refractivity contribution in [3.05, 3.63) is 24.3 Å². The molecule has 0 bridgehead atoms. The fraction of sp³-hybridized carbons (Fsp3) is 0.400. The van der Waals surface area contributed by atoms with E-state index in [1.807, 2.05) is 13.8 Å². The van der Waals surface area contributed by atoms with Crippen molar-refractivity contribution in [3.63, 3.8) is 0 Å². The minimum Gasteiger partial charge on any atom is -0.489 e. The molecular formula is C10H14O3S. The molecule has 78 valence electrons. The molecule has 0 heterocycles. The Morgan fingerprint density at radius 2 is 2.14 bits per heavy atom. The first-order valence-electron chi connectivity index (χ1n) is 4.51. The predicted octanol–water partition coefficient (Wildman–Crippen LogP) is 2.44. The Kier molecular flexibility index (Phi) is 4.10. The van der Waals surface area contributed by atoms with Gasteiger partial charge >= 0.3 is 0 Å². The van der Waals surface area contributed by atoms with E-state index in [0.29, 0.717) is 10.6 Å². The first kappa shape index (κ1) is 11.2. The van der Waals surface area contributed by atoms with Gasteiger partial charge in [0.25, 0.3) is 0 Å². The van der Waals surface area contributed by atoms with Crippen molar-refractivity contribution < 1.29 is 13.5 Å². The zero-order valence-corrected chi connectivity index (χ0v) is 9.08. The van der Waals surface area contributed by atoms with Gasteiger partial charge in [-0.2, -0.15) is 0 Å². The zero-order chi connectivity index (χ0) is 10.6. The number of rotatable bonds is 4. The minimum absolute atomic E-state index is 0.0553. The van der Waals surface area contributed by atoms with E-state index >= 15 is 0 Å². The Bertz CT molecular complexity index is 325. The second-order valence-corrected chi connectivity index (χ2v) is 3.97. The van der Waals surface area contributed by atoms with Crippen LogP contribution in [0.15, 0.2) is 29.2 Å². The van der Waals surface area contributed by atoms with Crippen molar-refractivity contribution in [2.24, 2.45) is 0 Å². The molecule has 1 N–H and O–H groups in total. The third kappa shape index (κ3) is 2.82. The molecule has 0 saturated carbocycles. The number of para-hydroxylation sites is 1. The van der Waals surface area contributed by atoms with Gasteiger partial charge in [0.1, 0.15) is 10.6 Å². The normalized spacial score (nSPS) is 14.8. The molecule has 2 unspecified atom stereocenters. The zero-order valence-electron chi connectivity index (χ0n) is 8.27. The standard InChI is InChI=1S/C10H14O3S/c1-3-8(2)13-9-6-4-5-7-10(9)14(11)12/h4-8H,3H2,1-2H3,(H,11,12). The van der Waals surface area contributed by atoms with Gasteiger partial charge in [-0.1, -0.05) is 19.1 Å². The third-order valence-electron chi connectivity index (χ3n) is 1.94. The van der Waals surface area contributed by atoms with E-state index in [1.54, 1.807) is 24.3 Å². The molecule has 0 fully saturated rings. The van der Waals surface area contributed by atoms with Gasteiger partial charge in [-0.25, -0.2) is 4.21 Å². The topological polar surface area (TPSA) is 46.5 Å². The summed E-state index contributed by atoms with van der Waals surface area (Å²) in [5, 5.41) is 0. The van der Waals surface area contributed by atoms with Crippen molar-refractivity contribution in [3.8, 4) is 5.75 Å². The molecule has 2 atom stereocenters. The molecule has 1 aromatic rings. The smallest absolute Gasteiger partial charge is 0.190 e. The molecule has 0 amide bonds. The molecule has 1 aromatic carbocycles. The van der Waals surface area contributed by atoms with Crippen molar-refractivity contribution in [2.45, 2.75) is 31.3 Å². The van der Waals surface area contributed by atoms with Crippen LogP contribution < -0.4 is 4.74 Å². The maximum Gasteiger partial charge on any atom is 0.190 e. The summed E-state index contributed by atoms with van der Waals surface area (Å²) in [7, 11) is 0. The lowest BCUT2D eigenvalue weighted by Gasteiger charge is -2.14. The minimum atomic E-state index is -1.98. The van der Waals surface area contributed by atoms with Crippen LogP contribution in [0.5, 0.6) is 5.75 Å². The van der Waals surface area contributed by atoms with Crippen molar-refractivity contribution in [2.75, 3.05) is 0 Å². The van der Waals surface area contributed by atoms with Crippen LogP contribution in [0.4, 0.5) is 0 Å². The lowest BCUT2D eigenvalue weighted by molar-refractivity contribution is 0.211. The Labute approximate surface area is 86.4 Å². The monoisotopic (exact) mass is 214 g/mol. The van der Waals surface area contributed by atoms with Gasteiger partial charge < -0.3 is 9.29 Å². The molecular weight excluding hydrogens is 200 g/mol. The summed E-state index contributed by atoms with van der Waals surface area (Å²) in [5.41, 5.74) is 0. The van der Waals surface area contributed by atoms with Crippen molar-refractivity contribution >= 4 is 11.1 Å². The van der Waals surface area contributed by atoms with Gasteiger partial charge in [-0.15, -0.1) is 0 Å². The van der Waals surface area contributed by atoms with E-state index in [1.165, 1.54) is 0 Å². The van der Waals surface area contributed by atoms with Crippen LogP contribution in [0.2, 0.25) is 0 Å². The van der Waals surface area contributed by atoms with Crippen LogP contribution in [-0.4, -0.2) is 14.9 Å². The van der Waals surface area contributed by atoms with E-state index in [9.17, 15) is 4.21 Å². The largest absolute Gasteiger partial charge is 0.489 e. The SMILES string of the molecule is CCC(C)Oc1ccccc1S(=O)O. The van der Waals surface area contributed by atoms with Gasteiger partial charge in [-0.3, -0.25) is 0 Å². The molecule has 0 aliphatic heterocycles. The first-order valence-corrected chi connectivity index (χ1v) is 5.62. The summed E-state index contributed by atoms with van der Waals surface area (Å²) in [6.45, 7) is 3.93. The van der Waals surface area contributed by atoms with Crippen molar-refractivity contribution in [1.29, 1.82) is 0 Å². The second kappa shape index (κ2) is 5.12. The van der Waals surface area contributed by atoms with Crippen LogP contribution in [0.1, 0.15) is 20.3 Å². The molecule has 0 spiro atoms. The quantitative estimate of drug-likeness (QED) is 0.783. The molecule has 14 heavy (non-hydrogen) atoms. The van der Waals surface area contributed by atoms with Crippen LogP contribution in [0.25, 0.3) is 0 Å². The molecule has 1 rings (SSSR count). The average molecular weight is 214 g/mol. The molecule has 0 aliphatic carbocycles. The van der Waals surface area contributed by atoms with E-state index in [-0.39, 0.29) is 6.10 Å². The van der Waals surface area contributed by atoms with E-state index in [2.05, 4.69) is 0 Å². The Morgan fingerprint density at radius 1 is 1.50 bits per heavy atom. The molecule has 0 saturated heterocycles. The lowest BCUT2D eigenvalue weighted by atomic mass is 10.3. The molecule has 0 aliphatic rings.